The molecule has 1 aliphatic heterocycles. The number of aromatic nitrogens is 2. The zero-order chi connectivity index (χ0) is 20.0. The third-order valence-electron chi connectivity index (χ3n) is 4.98. The number of hydrogen-bond donors (Lipinski definition) is 0. The van der Waals surface area contributed by atoms with E-state index in [1.54, 1.807) is 5.01 Å². The van der Waals surface area contributed by atoms with Crippen LogP contribution in [0, 0.1) is 27.7 Å². The van der Waals surface area contributed by atoms with Crippen LogP contribution in [0.2, 0.25) is 0 Å². The number of para-hydroxylation sites is 1. The highest BCUT2D eigenvalue weighted by atomic mass is 32.2. The Labute approximate surface area is 174 Å². The number of nitrogens with zero attached hydrogens (tertiary/aromatic N) is 3. The quantitative estimate of drug-likeness (QED) is 0.450. The Morgan fingerprint density at radius 3 is 2.21 bits per heavy atom. The van der Waals surface area contributed by atoms with Gasteiger partial charge in [-0.2, -0.15) is 5.01 Å². The number of rotatable bonds is 3. The molecule has 0 bridgehead atoms. The molecule has 28 heavy (non-hydrogen) atoms. The average Bonchev–Trinajstić information content (AvgIpc) is 3.24. The molecule has 3 aromatic rings. The van der Waals surface area contributed by atoms with Crippen LogP contribution in [0.25, 0.3) is 11.8 Å². The first-order valence-electron chi connectivity index (χ1n) is 9.06. The fourth-order valence-corrected chi connectivity index (χ4v) is 4.89. The molecule has 0 radical (unpaired) electrons. The Morgan fingerprint density at radius 2 is 1.57 bits per heavy atom. The molecule has 1 aromatic carbocycles. The number of amides is 1. The van der Waals surface area contributed by atoms with Crippen molar-refractivity contribution in [3.8, 4) is 5.69 Å². The summed E-state index contributed by atoms with van der Waals surface area (Å²) < 4.78 is 4.63. The maximum atomic E-state index is 13.1. The van der Waals surface area contributed by atoms with Crippen LogP contribution in [0.1, 0.15) is 28.3 Å². The van der Waals surface area contributed by atoms with Gasteiger partial charge in [-0.15, -0.1) is 0 Å². The highest BCUT2D eigenvalue weighted by molar-refractivity contribution is 8.27. The third-order valence-corrected chi connectivity index (χ3v) is 6.26. The Bertz CT molecular complexity index is 1100. The van der Waals surface area contributed by atoms with Gasteiger partial charge in [-0.25, -0.2) is 0 Å². The highest BCUT2D eigenvalue weighted by Gasteiger charge is 2.35. The summed E-state index contributed by atoms with van der Waals surface area (Å²) >= 11 is 6.87. The van der Waals surface area contributed by atoms with Crippen LogP contribution in [-0.4, -0.2) is 19.5 Å². The molecule has 3 heterocycles. The van der Waals surface area contributed by atoms with Crippen molar-refractivity contribution < 1.29 is 4.79 Å². The number of carbonyl (C=O) groups is 1. The van der Waals surface area contributed by atoms with E-state index in [1.165, 1.54) is 11.8 Å². The maximum Gasteiger partial charge on any atom is 0.285 e. The Hall–Kier alpha value is -2.57. The fraction of sp³-hybridized carbons (Fsp3) is 0.182. The summed E-state index contributed by atoms with van der Waals surface area (Å²) in [6.07, 6.45) is 1.95. The van der Waals surface area contributed by atoms with Gasteiger partial charge in [0.05, 0.1) is 4.91 Å². The molecule has 0 saturated carbocycles. The molecule has 1 aliphatic rings. The average molecular weight is 408 g/mol. The van der Waals surface area contributed by atoms with E-state index in [-0.39, 0.29) is 5.91 Å². The molecule has 0 aliphatic carbocycles. The van der Waals surface area contributed by atoms with E-state index in [0.717, 1.165) is 34.0 Å². The predicted octanol–water partition coefficient (Wildman–Crippen LogP) is 5.05. The molecule has 4 nitrogen and oxygen atoms in total. The smallest absolute Gasteiger partial charge is 0.285 e. The van der Waals surface area contributed by atoms with Gasteiger partial charge in [0, 0.05) is 28.5 Å². The third kappa shape index (κ3) is 3.02. The minimum atomic E-state index is -0.0816. The lowest BCUT2D eigenvalue weighted by atomic mass is 10.2. The minimum absolute atomic E-state index is 0.0816. The molecule has 4 rings (SSSR count). The first kappa shape index (κ1) is 18.8. The Balaban J connectivity index is 1.73. The van der Waals surface area contributed by atoms with Gasteiger partial charge in [-0.1, -0.05) is 30.0 Å². The lowest BCUT2D eigenvalue weighted by Gasteiger charge is -2.20. The van der Waals surface area contributed by atoms with Crippen LogP contribution < -0.4 is 5.01 Å². The van der Waals surface area contributed by atoms with Crippen LogP contribution in [0.4, 0.5) is 0 Å². The second-order valence-corrected chi connectivity index (χ2v) is 8.59. The monoisotopic (exact) mass is 407 g/mol. The number of hydrogen-bond acceptors (Lipinski definition) is 3. The number of thioether (sulfide) groups is 1. The molecular weight excluding hydrogens is 386 g/mol. The van der Waals surface area contributed by atoms with Crippen LogP contribution in [-0.2, 0) is 4.79 Å². The van der Waals surface area contributed by atoms with E-state index in [2.05, 4.69) is 36.6 Å². The lowest BCUT2D eigenvalue weighted by Crippen LogP contribution is -2.39. The van der Waals surface area contributed by atoms with Crippen molar-refractivity contribution in [2.24, 2.45) is 0 Å². The van der Waals surface area contributed by atoms with Gasteiger partial charge in [0.15, 0.2) is 4.32 Å². The molecule has 6 heteroatoms. The summed E-state index contributed by atoms with van der Waals surface area (Å²) in [6, 6.07) is 16.3. The number of thiocarbonyl (C=S) groups is 1. The van der Waals surface area contributed by atoms with Crippen molar-refractivity contribution in [3.63, 3.8) is 0 Å². The molecule has 0 unspecified atom stereocenters. The second kappa shape index (κ2) is 7.11. The molecule has 142 valence electrons. The SMILES string of the molecule is Cc1cc(/C=C2/SC(=S)N(n3c(C)ccc3C)C2=O)c(C)n1-c1ccccc1. The van der Waals surface area contributed by atoms with Crippen LogP contribution in [0.5, 0.6) is 0 Å². The normalized spacial score (nSPS) is 15.9. The summed E-state index contributed by atoms with van der Waals surface area (Å²) in [7, 11) is 0. The van der Waals surface area contributed by atoms with Gasteiger partial charge in [-0.3, -0.25) is 9.47 Å². The van der Waals surface area contributed by atoms with Crippen LogP contribution in [0.15, 0.2) is 53.4 Å². The van der Waals surface area contributed by atoms with Gasteiger partial charge in [0.25, 0.3) is 5.91 Å². The van der Waals surface area contributed by atoms with Crippen molar-refractivity contribution >= 4 is 40.3 Å². The van der Waals surface area contributed by atoms with Gasteiger partial charge in [0.2, 0.25) is 0 Å². The van der Waals surface area contributed by atoms with Crippen molar-refractivity contribution in [2.45, 2.75) is 27.7 Å². The summed E-state index contributed by atoms with van der Waals surface area (Å²) in [5.41, 5.74) is 6.34. The molecule has 0 atom stereocenters. The standard InChI is InChI=1S/C22H21N3OS2/c1-14-10-11-15(2)24(14)25-21(26)20(28-22(25)27)13-18-12-16(3)23(17(18)4)19-8-6-5-7-9-19/h5-13H,1-4H3/b20-13+. The summed E-state index contributed by atoms with van der Waals surface area (Å²) in [5.74, 6) is -0.0816. The van der Waals surface area contributed by atoms with E-state index >= 15 is 0 Å². The number of benzene rings is 1. The lowest BCUT2D eigenvalue weighted by molar-refractivity contribution is -0.114. The van der Waals surface area contributed by atoms with Crippen molar-refractivity contribution in [1.82, 2.24) is 9.24 Å². The van der Waals surface area contributed by atoms with Gasteiger partial charge < -0.3 is 4.57 Å². The highest BCUT2D eigenvalue weighted by Crippen LogP contribution is 2.34. The Kier molecular flexibility index (Phi) is 4.77. The molecule has 1 saturated heterocycles. The number of carbonyl (C=O) groups excluding carboxylic acids is 1. The van der Waals surface area contributed by atoms with Crippen LogP contribution >= 0.6 is 24.0 Å². The zero-order valence-corrected chi connectivity index (χ0v) is 17.9. The predicted molar refractivity (Wildman–Crippen MR) is 121 cm³/mol. The first-order chi connectivity index (χ1) is 13.4. The van der Waals surface area contributed by atoms with E-state index in [9.17, 15) is 4.79 Å². The van der Waals surface area contributed by atoms with Gasteiger partial charge in [0.1, 0.15) is 0 Å². The second-order valence-electron chi connectivity index (χ2n) is 6.92. The van der Waals surface area contributed by atoms with E-state index < -0.39 is 0 Å². The van der Waals surface area contributed by atoms with E-state index in [0.29, 0.717) is 9.23 Å². The van der Waals surface area contributed by atoms with E-state index in [1.807, 2.05) is 54.9 Å². The topological polar surface area (TPSA) is 30.2 Å². The fourth-order valence-electron chi connectivity index (χ4n) is 3.66. The zero-order valence-electron chi connectivity index (χ0n) is 16.3. The molecule has 0 N–H and O–H groups in total. The van der Waals surface area contributed by atoms with Crippen LogP contribution in [0.3, 0.4) is 0 Å². The Morgan fingerprint density at radius 1 is 0.929 bits per heavy atom. The first-order valence-corrected chi connectivity index (χ1v) is 10.3. The van der Waals surface area contributed by atoms with E-state index in [4.69, 9.17) is 12.2 Å². The minimum Gasteiger partial charge on any atom is -0.318 e. The molecule has 1 amide bonds. The number of aryl methyl sites for hydroxylation is 3. The van der Waals surface area contributed by atoms with Crippen molar-refractivity contribution in [2.75, 3.05) is 5.01 Å². The summed E-state index contributed by atoms with van der Waals surface area (Å²) in [4.78, 5) is 13.8. The molecule has 2 aromatic heterocycles. The van der Waals surface area contributed by atoms with Crippen molar-refractivity contribution in [1.29, 1.82) is 0 Å². The largest absolute Gasteiger partial charge is 0.318 e. The van der Waals surface area contributed by atoms with Gasteiger partial charge in [-0.05, 0) is 81.9 Å². The summed E-state index contributed by atoms with van der Waals surface area (Å²) in [6.45, 7) is 8.10. The molecular formula is C22H21N3OS2. The molecule has 1 fully saturated rings. The summed E-state index contributed by atoms with van der Waals surface area (Å²) in [5, 5.41) is 1.59. The maximum absolute atomic E-state index is 13.1. The molecule has 0 spiro atoms. The van der Waals surface area contributed by atoms with Crippen molar-refractivity contribution in [3.05, 3.63) is 81.8 Å². The van der Waals surface area contributed by atoms with Gasteiger partial charge >= 0.3 is 0 Å².